The molecular weight excluding hydrogens is 204 g/mol. The van der Waals surface area contributed by atoms with Gasteiger partial charge < -0.3 is 9.47 Å². The molecule has 0 aromatic rings. The van der Waals surface area contributed by atoms with Gasteiger partial charge in [-0.2, -0.15) is 0 Å². The van der Waals surface area contributed by atoms with E-state index >= 15 is 0 Å². The summed E-state index contributed by atoms with van der Waals surface area (Å²) in [6, 6.07) is 0. The van der Waals surface area contributed by atoms with E-state index in [9.17, 15) is 4.79 Å². The van der Waals surface area contributed by atoms with Crippen molar-refractivity contribution in [2.75, 3.05) is 7.11 Å². The van der Waals surface area contributed by atoms with Gasteiger partial charge >= 0.3 is 0 Å². The zero-order chi connectivity index (χ0) is 11.3. The van der Waals surface area contributed by atoms with Gasteiger partial charge in [-0.1, -0.05) is 6.92 Å². The van der Waals surface area contributed by atoms with Crippen molar-refractivity contribution in [3.63, 3.8) is 0 Å². The summed E-state index contributed by atoms with van der Waals surface area (Å²) in [7, 11) is 1.72. The molecular formula is C13H20O3. The normalized spacial score (nSPS) is 51.5. The highest BCUT2D eigenvalue weighted by molar-refractivity contribution is 5.82. The molecule has 3 aliphatic rings. The van der Waals surface area contributed by atoms with E-state index in [1.54, 1.807) is 7.11 Å². The number of hydrogen-bond donors (Lipinski definition) is 0. The van der Waals surface area contributed by atoms with Crippen LogP contribution in [0.4, 0.5) is 0 Å². The number of carbonyl (C=O) groups is 1. The van der Waals surface area contributed by atoms with Gasteiger partial charge in [0.15, 0.2) is 6.29 Å². The molecule has 1 heterocycles. The van der Waals surface area contributed by atoms with Crippen LogP contribution >= 0.6 is 0 Å². The van der Waals surface area contributed by atoms with Crippen LogP contribution < -0.4 is 0 Å². The van der Waals surface area contributed by atoms with Crippen molar-refractivity contribution < 1.29 is 14.3 Å². The van der Waals surface area contributed by atoms with Crippen LogP contribution in [0.25, 0.3) is 0 Å². The molecule has 1 unspecified atom stereocenters. The van der Waals surface area contributed by atoms with Gasteiger partial charge in [-0.3, -0.25) is 4.79 Å². The molecule has 3 rings (SSSR count). The minimum atomic E-state index is -0.0594. The first kappa shape index (κ1) is 10.7. The summed E-state index contributed by atoms with van der Waals surface area (Å²) in [6.45, 7) is 2.23. The zero-order valence-corrected chi connectivity index (χ0v) is 10.0. The van der Waals surface area contributed by atoms with E-state index in [-0.39, 0.29) is 18.3 Å². The Bertz CT molecular complexity index is 302. The monoisotopic (exact) mass is 224 g/mol. The Morgan fingerprint density at radius 3 is 2.94 bits per heavy atom. The molecule has 3 fully saturated rings. The zero-order valence-electron chi connectivity index (χ0n) is 10.0. The lowest BCUT2D eigenvalue weighted by Gasteiger charge is -2.40. The van der Waals surface area contributed by atoms with E-state index in [1.807, 2.05) is 0 Å². The highest BCUT2D eigenvalue weighted by Gasteiger charge is 2.54. The third kappa shape index (κ3) is 1.45. The number of ketones is 1. The van der Waals surface area contributed by atoms with Crippen molar-refractivity contribution in [1.82, 2.24) is 0 Å². The van der Waals surface area contributed by atoms with E-state index in [1.165, 1.54) is 0 Å². The van der Waals surface area contributed by atoms with Gasteiger partial charge in [-0.15, -0.1) is 0 Å². The molecule has 3 heteroatoms. The molecule has 2 saturated carbocycles. The van der Waals surface area contributed by atoms with Crippen LogP contribution in [0.1, 0.15) is 32.6 Å². The summed E-state index contributed by atoms with van der Waals surface area (Å²) >= 11 is 0. The van der Waals surface area contributed by atoms with Gasteiger partial charge in [0.25, 0.3) is 0 Å². The van der Waals surface area contributed by atoms with E-state index in [0.717, 1.165) is 25.7 Å². The Kier molecular flexibility index (Phi) is 2.55. The first-order valence-corrected chi connectivity index (χ1v) is 6.41. The van der Waals surface area contributed by atoms with Gasteiger partial charge in [0.05, 0.1) is 6.10 Å². The minimum absolute atomic E-state index is 0.0594. The second-order valence-electron chi connectivity index (χ2n) is 5.71. The topological polar surface area (TPSA) is 35.5 Å². The molecule has 90 valence electrons. The molecule has 16 heavy (non-hydrogen) atoms. The Morgan fingerprint density at radius 1 is 1.38 bits per heavy atom. The van der Waals surface area contributed by atoms with Crippen molar-refractivity contribution in [2.45, 2.75) is 45.0 Å². The SMILES string of the molecule is COC1O[C@H]2C[C@@H](C)C[C@H]3C(=O)CC[C@@H]1[C@@H]23. The summed E-state index contributed by atoms with van der Waals surface area (Å²) < 4.78 is 11.4. The summed E-state index contributed by atoms with van der Waals surface area (Å²) in [4.78, 5) is 12.0. The Morgan fingerprint density at radius 2 is 2.19 bits per heavy atom. The van der Waals surface area contributed by atoms with E-state index in [2.05, 4.69) is 6.92 Å². The quantitative estimate of drug-likeness (QED) is 0.683. The number of rotatable bonds is 1. The van der Waals surface area contributed by atoms with E-state index in [0.29, 0.717) is 23.5 Å². The van der Waals surface area contributed by atoms with E-state index in [4.69, 9.17) is 9.47 Å². The van der Waals surface area contributed by atoms with Gasteiger partial charge in [0.2, 0.25) is 0 Å². The lowest BCUT2D eigenvalue weighted by molar-refractivity contribution is -0.135. The van der Waals surface area contributed by atoms with Crippen LogP contribution in [-0.4, -0.2) is 25.3 Å². The second kappa shape index (κ2) is 3.81. The molecule has 0 aromatic carbocycles. The average Bonchev–Trinajstić information content (AvgIpc) is 2.62. The third-order valence-corrected chi connectivity index (χ3v) is 4.71. The Hall–Kier alpha value is -0.410. The number of hydrogen-bond acceptors (Lipinski definition) is 3. The fourth-order valence-corrected chi connectivity index (χ4v) is 4.07. The van der Waals surface area contributed by atoms with Gasteiger partial charge in [0.1, 0.15) is 5.78 Å². The van der Waals surface area contributed by atoms with Gasteiger partial charge in [-0.25, -0.2) is 0 Å². The first-order valence-electron chi connectivity index (χ1n) is 6.41. The molecule has 0 bridgehead atoms. The molecule has 1 aliphatic heterocycles. The fraction of sp³-hybridized carbons (Fsp3) is 0.923. The van der Waals surface area contributed by atoms with Crippen LogP contribution in [0.15, 0.2) is 0 Å². The first-order chi connectivity index (χ1) is 7.70. The fourth-order valence-electron chi connectivity index (χ4n) is 4.07. The Labute approximate surface area is 96.5 Å². The van der Waals surface area contributed by atoms with Crippen molar-refractivity contribution in [3.8, 4) is 0 Å². The van der Waals surface area contributed by atoms with Crippen molar-refractivity contribution in [1.29, 1.82) is 0 Å². The van der Waals surface area contributed by atoms with E-state index < -0.39 is 0 Å². The number of carbonyl (C=O) groups excluding carboxylic acids is 1. The van der Waals surface area contributed by atoms with Crippen LogP contribution in [0.2, 0.25) is 0 Å². The maximum atomic E-state index is 12.0. The summed E-state index contributed by atoms with van der Waals surface area (Å²) in [5.74, 6) is 2.25. The van der Waals surface area contributed by atoms with Crippen LogP contribution in [0.5, 0.6) is 0 Å². The summed E-state index contributed by atoms with van der Waals surface area (Å²) in [6.07, 6.45) is 4.07. The maximum Gasteiger partial charge on any atom is 0.160 e. The van der Waals surface area contributed by atoms with Crippen molar-refractivity contribution in [2.24, 2.45) is 23.7 Å². The standard InChI is InChI=1S/C13H20O3/c1-7-5-9-10(14)4-3-8-12(9)11(6-7)16-13(8)15-2/h7-9,11-13H,3-6H2,1-2H3/t7-,8+,9-,11-,12+,13?/m0/s1. The molecule has 0 N–H and O–H groups in total. The molecule has 6 atom stereocenters. The van der Waals surface area contributed by atoms with Crippen LogP contribution in [-0.2, 0) is 14.3 Å². The largest absolute Gasteiger partial charge is 0.356 e. The number of ether oxygens (including phenoxy) is 2. The van der Waals surface area contributed by atoms with Crippen molar-refractivity contribution >= 4 is 5.78 Å². The average molecular weight is 224 g/mol. The highest BCUT2D eigenvalue weighted by Crippen LogP contribution is 2.51. The molecule has 1 saturated heterocycles. The maximum absolute atomic E-state index is 12.0. The molecule has 0 aromatic heterocycles. The minimum Gasteiger partial charge on any atom is -0.356 e. The molecule has 0 spiro atoms. The Balaban J connectivity index is 1.89. The number of methoxy groups -OCH3 is 1. The molecule has 3 nitrogen and oxygen atoms in total. The summed E-state index contributed by atoms with van der Waals surface area (Å²) in [5, 5.41) is 0. The van der Waals surface area contributed by atoms with Gasteiger partial charge in [0, 0.05) is 31.3 Å². The molecule has 0 amide bonds. The highest BCUT2D eigenvalue weighted by atomic mass is 16.7. The summed E-state index contributed by atoms with van der Waals surface area (Å²) in [5.41, 5.74) is 0. The lowest BCUT2D eigenvalue weighted by atomic mass is 9.63. The predicted octanol–water partition coefficient (Wildman–Crippen LogP) is 2.00. The molecule has 0 radical (unpaired) electrons. The van der Waals surface area contributed by atoms with Crippen LogP contribution in [0, 0.1) is 23.7 Å². The molecule has 2 aliphatic carbocycles. The lowest BCUT2D eigenvalue weighted by Crippen LogP contribution is -2.43. The van der Waals surface area contributed by atoms with Gasteiger partial charge in [-0.05, 0) is 25.2 Å². The second-order valence-corrected chi connectivity index (χ2v) is 5.71. The smallest absolute Gasteiger partial charge is 0.160 e. The third-order valence-electron chi connectivity index (χ3n) is 4.71. The van der Waals surface area contributed by atoms with Crippen LogP contribution in [0.3, 0.4) is 0 Å². The van der Waals surface area contributed by atoms with Crippen molar-refractivity contribution in [3.05, 3.63) is 0 Å². The number of Topliss-reactive ketones (excluding diaryl/α,β-unsaturated/α-hetero) is 1. The predicted molar refractivity (Wildman–Crippen MR) is 58.8 cm³/mol.